The van der Waals surface area contributed by atoms with Gasteiger partial charge in [0.15, 0.2) is 5.96 Å². The van der Waals surface area contributed by atoms with Gasteiger partial charge >= 0.3 is 6.09 Å². The van der Waals surface area contributed by atoms with E-state index in [1.54, 1.807) is 23.1 Å². The zero-order valence-electron chi connectivity index (χ0n) is 15.5. The molecule has 0 bridgehead atoms. The van der Waals surface area contributed by atoms with Crippen LogP contribution in [-0.2, 0) is 22.6 Å². The highest BCUT2D eigenvalue weighted by molar-refractivity contribution is 5.87. The molecule has 7 N–H and O–H groups in total. The number of amides is 2. The Kier molecular flexibility index (Phi) is 7.37. The molecular formula is C18H25N7O3. The lowest BCUT2D eigenvalue weighted by Gasteiger charge is -2.36. The number of piperazine rings is 1. The van der Waals surface area contributed by atoms with Crippen LogP contribution in [-0.4, -0.2) is 60.2 Å². The van der Waals surface area contributed by atoms with E-state index < -0.39 is 6.09 Å². The largest absolute Gasteiger partial charge is 0.443 e. The van der Waals surface area contributed by atoms with Crippen molar-refractivity contribution in [1.82, 2.24) is 9.80 Å². The van der Waals surface area contributed by atoms with Gasteiger partial charge in [-0.1, -0.05) is 24.3 Å². The third kappa shape index (κ3) is 6.01. The van der Waals surface area contributed by atoms with Crippen LogP contribution in [0.4, 0.5) is 4.79 Å². The summed E-state index contributed by atoms with van der Waals surface area (Å²) in [7, 11) is 0. The van der Waals surface area contributed by atoms with Crippen LogP contribution in [0.5, 0.6) is 0 Å². The number of rotatable bonds is 6. The molecule has 2 rings (SSSR count). The summed E-state index contributed by atoms with van der Waals surface area (Å²) in [5.41, 5.74) is 17.9. The van der Waals surface area contributed by atoms with Crippen LogP contribution in [0.2, 0.25) is 0 Å². The zero-order valence-corrected chi connectivity index (χ0v) is 15.5. The Morgan fingerprint density at radius 2 is 1.79 bits per heavy atom. The van der Waals surface area contributed by atoms with E-state index >= 15 is 0 Å². The first-order valence-corrected chi connectivity index (χ1v) is 8.72. The predicted molar refractivity (Wildman–Crippen MR) is 105 cm³/mol. The van der Waals surface area contributed by atoms with Crippen molar-refractivity contribution in [2.45, 2.75) is 13.0 Å². The molecule has 28 heavy (non-hydrogen) atoms. The maximum atomic E-state index is 12.6. The summed E-state index contributed by atoms with van der Waals surface area (Å²) in [6.45, 7) is 2.41. The first-order chi connectivity index (χ1) is 13.4. The van der Waals surface area contributed by atoms with Gasteiger partial charge in [0.25, 0.3) is 0 Å². The molecule has 1 aromatic carbocycles. The maximum Gasteiger partial charge on any atom is 0.437 e. The number of nitrogens with one attached hydrogen (secondary N) is 1. The number of aliphatic imine (C=N–C) groups is 1. The first kappa shape index (κ1) is 20.7. The van der Waals surface area contributed by atoms with Crippen molar-refractivity contribution >= 4 is 24.2 Å². The molecule has 0 aliphatic carbocycles. The average molecular weight is 387 g/mol. The molecule has 1 saturated heterocycles. The van der Waals surface area contributed by atoms with Crippen LogP contribution in [0.3, 0.4) is 0 Å². The van der Waals surface area contributed by atoms with E-state index in [4.69, 9.17) is 27.3 Å². The van der Waals surface area contributed by atoms with E-state index in [0.717, 1.165) is 11.1 Å². The Balaban J connectivity index is 1.88. The van der Waals surface area contributed by atoms with Gasteiger partial charge in [-0.05, 0) is 11.1 Å². The van der Waals surface area contributed by atoms with Gasteiger partial charge < -0.3 is 37.1 Å². The molecule has 150 valence electrons. The molecule has 0 aromatic heterocycles. The number of hydrogen-bond acceptors (Lipinski definition) is 6. The summed E-state index contributed by atoms with van der Waals surface area (Å²) in [6, 6.07) is 7.24. The van der Waals surface area contributed by atoms with Gasteiger partial charge in [0.05, 0.1) is 12.1 Å². The second-order valence-corrected chi connectivity index (χ2v) is 6.19. The lowest BCUT2D eigenvalue weighted by Crippen LogP contribution is -2.48. The molecule has 0 unspecified atom stereocenters. The first-order valence-electron chi connectivity index (χ1n) is 8.72. The molecule has 1 fully saturated rings. The summed E-state index contributed by atoms with van der Waals surface area (Å²) in [5, 5.41) is 7.35. The molecule has 10 nitrogen and oxygen atoms in total. The van der Waals surface area contributed by atoms with E-state index in [-0.39, 0.29) is 24.9 Å². The number of hydrogen-bond donors (Lipinski definition) is 4. The fraction of sp³-hybridized carbons (Fsp3) is 0.333. The molecule has 10 heteroatoms. The lowest BCUT2D eigenvalue weighted by molar-refractivity contribution is -0.131. The third-order valence-corrected chi connectivity index (χ3v) is 4.25. The quantitative estimate of drug-likeness (QED) is 0.385. The molecule has 0 radical (unpaired) electrons. The summed E-state index contributed by atoms with van der Waals surface area (Å²) < 4.78 is 4.95. The number of nitrogens with zero attached hydrogens (tertiary/aromatic N) is 3. The van der Waals surface area contributed by atoms with Crippen LogP contribution in [0.1, 0.15) is 11.1 Å². The van der Waals surface area contributed by atoms with E-state index in [0.29, 0.717) is 31.9 Å². The minimum absolute atomic E-state index is 0.00808. The van der Waals surface area contributed by atoms with E-state index in [9.17, 15) is 9.59 Å². The Morgan fingerprint density at radius 1 is 1.14 bits per heavy atom. The SMILES string of the molecule is N=C/C(=C\N)N1CCN(C(=O)Cc2cccc(COC(=O)N=C(N)N)c2)CC1. The zero-order chi connectivity index (χ0) is 20.5. The number of carbonyl (C=O) groups excluding carboxylic acids is 2. The van der Waals surface area contributed by atoms with Crippen molar-refractivity contribution < 1.29 is 14.3 Å². The number of carbonyl (C=O) groups is 2. The monoisotopic (exact) mass is 387 g/mol. The van der Waals surface area contributed by atoms with Gasteiger partial charge in [-0.3, -0.25) is 4.79 Å². The standard InChI is InChI=1S/C18H25N7O3/c19-10-15(11-20)24-4-6-25(7-5-24)16(26)9-13-2-1-3-14(8-13)12-28-18(27)23-17(21)22/h1-3,8,10-11,19H,4-7,9,12,20H2,(H4,21,22,23,27)/b15-11+,19-10?. The minimum Gasteiger partial charge on any atom is -0.443 e. The molecule has 1 aliphatic heterocycles. The number of allylic oxidation sites excluding steroid dienone is 1. The Hall–Kier alpha value is -3.56. The van der Waals surface area contributed by atoms with Gasteiger partial charge in [-0.15, -0.1) is 4.99 Å². The van der Waals surface area contributed by atoms with Gasteiger partial charge in [-0.2, -0.15) is 0 Å². The number of guanidine groups is 1. The molecule has 0 atom stereocenters. The van der Waals surface area contributed by atoms with Crippen molar-refractivity contribution in [2.24, 2.45) is 22.2 Å². The molecular weight excluding hydrogens is 362 g/mol. The van der Waals surface area contributed by atoms with Gasteiger partial charge in [0.2, 0.25) is 5.91 Å². The maximum absolute atomic E-state index is 12.6. The third-order valence-electron chi connectivity index (χ3n) is 4.25. The average Bonchev–Trinajstić information content (AvgIpc) is 2.67. The highest BCUT2D eigenvalue weighted by Gasteiger charge is 2.21. The Labute approximate surface area is 163 Å². The van der Waals surface area contributed by atoms with E-state index in [1.165, 1.54) is 12.4 Å². The van der Waals surface area contributed by atoms with Crippen LogP contribution >= 0.6 is 0 Å². The van der Waals surface area contributed by atoms with E-state index in [2.05, 4.69) is 4.99 Å². The van der Waals surface area contributed by atoms with Gasteiger partial charge in [0.1, 0.15) is 6.61 Å². The molecule has 1 heterocycles. The van der Waals surface area contributed by atoms with Crippen molar-refractivity contribution in [3.05, 3.63) is 47.3 Å². The Bertz CT molecular complexity index is 779. The van der Waals surface area contributed by atoms with Crippen molar-refractivity contribution in [3.63, 3.8) is 0 Å². The normalized spacial score (nSPS) is 14.4. The van der Waals surface area contributed by atoms with Crippen molar-refractivity contribution in [3.8, 4) is 0 Å². The minimum atomic E-state index is -0.866. The molecule has 0 saturated carbocycles. The van der Waals surface area contributed by atoms with Crippen LogP contribution in [0.25, 0.3) is 0 Å². The van der Waals surface area contributed by atoms with E-state index in [1.807, 2.05) is 11.0 Å². The summed E-state index contributed by atoms with van der Waals surface area (Å²) in [6.07, 6.45) is 1.99. The van der Waals surface area contributed by atoms with Crippen molar-refractivity contribution in [1.29, 1.82) is 5.41 Å². The molecule has 2 amide bonds. The fourth-order valence-electron chi connectivity index (χ4n) is 2.86. The van der Waals surface area contributed by atoms with Crippen LogP contribution in [0.15, 0.2) is 41.2 Å². The van der Waals surface area contributed by atoms with Crippen LogP contribution in [0, 0.1) is 5.41 Å². The highest BCUT2D eigenvalue weighted by Crippen LogP contribution is 2.12. The smallest absolute Gasteiger partial charge is 0.437 e. The summed E-state index contributed by atoms with van der Waals surface area (Å²) >= 11 is 0. The Morgan fingerprint density at radius 3 is 2.39 bits per heavy atom. The predicted octanol–water partition coefficient (Wildman–Crippen LogP) is -0.267. The fourth-order valence-corrected chi connectivity index (χ4v) is 2.86. The summed E-state index contributed by atoms with van der Waals surface area (Å²) in [4.78, 5) is 31.0. The van der Waals surface area contributed by atoms with Gasteiger partial charge in [0, 0.05) is 38.6 Å². The van der Waals surface area contributed by atoms with Crippen molar-refractivity contribution in [2.75, 3.05) is 26.2 Å². The van der Waals surface area contributed by atoms with Crippen LogP contribution < -0.4 is 17.2 Å². The second-order valence-electron chi connectivity index (χ2n) is 6.19. The summed E-state index contributed by atoms with van der Waals surface area (Å²) in [5.74, 6) is -0.346. The second kappa shape index (κ2) is 9.95. The molecule has 0 spiro atoms. The lowest BCUT2D eigenvalue weighted by atomic mass is 10.1. The number of benzene rings is 1. The number of ether oxygens (including phenoxy) is 1. The molecule has 1 aromatic rings. The topological polar surface area (TPSA) is 164 Å². The number of nitrogens with two attached hydrogens (primary N) is 3. The van der Waals surface area contributed by atoms with Gasteiger partial charge in [-0.25, -0.2) is 4.79 Å². The molecule has 1 aliphatic rings. The highest BCUT2D eigenvalue weighted by atomic mass is 16.5.